The van der Waals surface area contributed by atoms with Gasteiger partial charge in [0.1, 0.15) is 5.52 Å². The molecule has 8 rings (SSSR count). The molecule has 42 heavy (non-hydrogen) atoms. The Morgan fingerprint density at radius 3 is 1.83 bits per heavy atom. The quantitative estimate of drug-likeness (QED) is 0.215. The zero-order chi connectivity index (χ0) is 28.2. The number of thiophene rings is 1. The molecule has 0 bridgehead atoms. The molecule has 0 aliphatic heterocycles. The highest BCUT2D eigenvalue weighted by Crippen LogP contribution is 2.44. The third-order valence-corrected chi connectivity index (χ3v) is 9.30. The minimum absolute atomic E-state index is 0.645. The topological polar surface area (TPSA) is 26.0 Å². The van der Waals surface area contributed by atoms with E-state index in [9.17, 15) is 0 Å². The number of hydrogen-bond acceptors (Lipinski definition) is 3. The molecular formula is C39H27NOS. The molecule has 0 spiro atoms. The van der Waals surface area contributed by atoms with Gasteiger partial charge in [0.2, 0.25) is 5.89 Å². The minimum Gasteiger partial charge on any atom is -0.436 e. The average molecular weight is 558 g/mol. The number of nitrogens with zero attached hydrogens (tertiary/aromatic N) is 1. The van der Waals surface area contributed by atoms with Crippen molar-refractivity contribution in [1.29, 1.82) is 0 Å². The lowest BCUT2D eigenvalue weighted by atomic mass is 9.94. The van der Waals surface area contributed by atoms with Gasteiger partial charge in [-0.3, -0.25) is 0 Å². The molecule has 2 aromatic heterocycles. The molecule has 200 valence electrons. The van der Waals surface area contributed by atoms with Crippen LogP contribution in [0.2, 0.25) is 0 Å². The smallest absolute Gasteiger partial charge is 0.227 e. The van der Waals surface area contributed by atoms with Crippen molar-refractivity contribution in [2.75, 3.05) is 0 Å². The summed E-state index contributed by atoms with van der Waals surface area (Å²) in [5.74, 6) is 0.645. The van der Waals surface area contributed by atoms with Crippen molar-refractivity contribution < 1.29 is 4.42 Å². The van der Waals surface area contributed by atoms with Crippen LogP contribution in [0.4, 0.5) is 0 Å². The van der Waals surface area contributed by atoms with Crippen LogP contribution in [0, 0.1) is 13.8 Å². The van der Waals surface area contributed by atoms with Gasteiger partial charge in [0, 0.05) is 31.3 Å². The molecule has 0 atom stereocenters. The van der Waals surface area contributed by atoms with Gasteiger partial charge < -0.3 is 4.42 Å². The summed E-state index contributed by atoms with van der Waals surface area (Å²) in [7, 11) is 0. The Labute approximate surface area is 248 Å². The number of aromatic nitrogens is 1. The Bertz CT molecular complexity index is 2200. The minimum atomic E-state index is 0.645. The molecule has 8 aromatic rings. The molecule has 0 unspecified atom stereocenters. The van der Waals surface area contributed by atoms with Crippen molar-refractivity contribution in [2.24, 2.45) is 0 Å². The Morgan fingerprint density at radius 1 is 0.524 bits per heavy atom. The zero-order valence-corrected chi connectivity index (χ0v) is 24.2. The highest BCUT2D eigenvalue weighted by molar-refractivity contribution is 7.26. The van der Waals surface area contributed by atoms with E-state index in [2.05, 4.69) is 117 Å². The highest BCUT2D eigenvalue weighted by Gasteiger charge is 2.16. The highest BCUT2D eigenvalue weighted by atomic mass is 32.1. The molecule has 0 aliphatic carbocycles. The summed E-state index contributed by atoms with van der Waals surface area (Å²) in [6.07, 6.45) is 0. The SMILES string of the molecule is Cc1ccc(-c2ccc3sc4c(-c5ccc(-c6nc7ccccc7o6)cc5)cc(-c5ccc(C)cc5)cc4c3c2)cc1. The van der Waals surface area contributed by atoms with E-state index < -0.39 is 0 Å². The summed E-state index contributed by atoms with van der Waals surface area (Å²) >= 11 is 1.87. The average Bonchev–Trinajstić information content (AvgIpc) is 3.63. The first kappa shape index (κ1) is 24.8. The lowest BCUT2D eigenvalue weighted by Gasteiger charge is -2.10. The van der Waals surface area contributed by atoms with Crippen LogP contribution >= 0.6 is 11.3 Å². The Balaban J connectivity index is 1.30. The molecule has 2 nitrogen and oxygen atoms in total. The predicted molar refractivity (Wildman–Crippen MR) is 178 cm³/mol. The third kappa shape index (κ3) is 4.30. The number of para-hydroxylation sites is 2. The maximum Gasteiger partial charge on any atom is 0.227 e. The van der Waals surface area contributed by atoms with Gasteiger partial charge in [-0.1, -0.05) is 90.0 Å². The number of benzene rings is 6. The first-order valence-electron chi connectivity index (χ1n) is 14.2. The fourth-order valence-corrected chi connectivity index (χ4v) is 6.92. The molecule has 2 heterocycles. The number of rotatable bonds is 4. The summed E-state index contributed by atoms with van der Waals surface area (Å²) in [4.78, 5) is 4.70. The zero-order valence-electron chi connectivity index (χ0n) is 23.4. The van der Waals surface area contributed by atoms with E-state index in [4.69, 9.17) is 9.40 Å². The van der Waals surface area contributed by atoms with Crippen LogP contribution in [-0.2, 0) is 0 Å². The summed E-state index contributed by atoms with van der Waals surface area (Å²) < 4.78 is 8.64. The predicted octanol–water partition coefficient (Wildman–Crippen LogP) is 11.5. The van der Waals surface area contributed by atoms with Crippen molar-refractivity contribution in [3.8, 4) is 44.8 Å². The van der Waals surface area contributed by atoms with Gasteiger partial charge in [-0.05, 0) is 90.2 Å². The molecule has 0 radical (unpaired) electrons. The van der Waals surface area contributed by atoms with Crippen LogP contribution in [-0.4, -0.2) is 4.98 Å². The normalized spacial score (nSPS) is 11.6. The van der Waals surface area contributed by atoms with Crippen molar-refractivity contribution in [1.82, 2.24) is 4.98 Å². The third-order valence-electron chi connectivity index (χ3n) is 8.08. The Morgan fingerprint density at radius 2 is 1.12 bits per heavy atom. The number of aryl methyl sites for hydroxylation is 2. The molecule has 3 heteroatoms. The van der Waals surface area contributed by atoms with Gasteiger partial charge >= 0.3 is 0 Å². The van der Waals surface area contributed by atoms with Gasteiger partial charge in [-0.15, -0.1) is 11.3 Å². The van der Waals surface area contributed by atoms with E-state index in [-0.39, 0.29) is 0 Å². The maximum atomic E-state index is 6.04. The van der Waals surface area contributed by atoms with E-state index in [0.717, 1.165) is 16.7 Å². The number of fused-ring (bicyclic) bond motifs is 4. The molecule has 0 amide bonds. The standard InChI is InChI=1S/C39H27NOS/c1-24-7-11-26(12-8-24)30-19-20-37-33(21-30)34-23-31(27-13-9-25(2)10-14-27)22-32(38(34)42-37)28-15-17-29(18-16-28)39-40-35-5-3-4-6-36(35)41-39/h3-23H,1-2H3. The molecule has 0 saturated heterocycles. The van der Waals surface area contributed by atoms with Crippen LogP contribution in [0.1, 0.15) is 11.1 Å². The fraction of sp³-hybridized carbons (Fsp3) is 0.0513. The first-order chi connectivity index (χ1) is 20.6. The molecule has 0 fully saturated rings. The van der Waals surface area contributed by atoms with Crippen molar-refractivity contribution in [3.63, 3.8) is 0 Å². The molecular weight excluding hydrogens is 531 g/mol. The lowest BCUT2D eigenvalue weighted by molar-refractivity contribution is 0.620. The van der Waals surface area contributed by atoms with Gasteiger partial charge in [0.15, 0.2) is 5.58 Å². The van der Waals surface area contributed by atoms with Gasteiger partial charge in [-0.25, -0.2) is 4.98 Å². The van der Waals surface area contributed by atoms with E-state index in [1.807, 2.05) is 35.6 Å². The molecule has 6 aromatic carbocycles. The summed E-state index contributed by atoms with van der Waals surface area (Å²) in [6.45, 7) is 4.27. The molecule has 0 N–H and O–H groups in total. The second-order valence-electron chi connectivity index (χ2n) is 11.0. The second kappa shape index (κ2) is 9.83. The van der Waals surface area contributed by atoms with E-state index in [0.29, 0.717) is 5.89 Å². The van der Waals surface area contributed by atoms with Crippen LogP contribution in [0.5, 0.6) is 0 Å². The Hall–Kier alpha value is -4.99. The second-order valence-corrected chi connectivity index (χ2v) is 12.1. The van der Waals surface area contributed by atoms with Crippen molar-refractivity contribution >= 4 is 42.6 Å². The first-order valence-corrected chi connectivity index (χ1v) is 15.0. The van der Waals surface area contributed by atoms with Gasteiger partial charge in [0.25, 0.3) is 0 Å². The van der Waals surface area contributed by atoms with Crippen LogP contribution < -0.4 is 0 Å². The van der Waals surface area contributed by atoms with Crippen LogP contribution in [0.3, 0.4) is 0 Å². The summed E-state index contributed by atoms with van der Waals surface area (Å²) in [5, 5.41) is 2.59. The van der Waals surface area contributed by atoms with Gasteiger partial charge in [0.05, 0.1) is 0 Å². The summed E-state index contributed by atoms with van der Waals surface area (Å²) in [6, 6.07) is 45.8. The maximum absolute atomic E-state index is 6.04. The lowest BCUT2D eigenvalue weighted by Crippen LogP contribution is -1.85. The Kier molecular flexibility index (Phi) is 5.80. The largest absolute Gasteiger partial charge is 0.436 e. The number of oxazole rings is 1. The van der Waals surface area contributed by atoms with Crippen LogP contribution in [0.25, 0.3) is 76.1 Å². The monoisotopic (exact) mass is 557 g/mol. The number of hydrogen-bond donors (Lipinski definition) is 0. The van der Waals surface area contributed by atoms with Crippen molar-refractivity contribution in [3.05, 3.63) is 139 Å². The van der Waals surface area contributed by atoms with E-state index in [1.165, 1.54) is 64.7 Å². The summed E-state index contributed by atoms with van der Waals surface area (Å²) in [5.41, 5.74) is 12.5. The van der Waals surface area contributed by atoms with Crippen molar-refractivity contribution in [2.45, 2.75) is 13.8 Å². The molecule has 0 saturated carbocycles. The molecule has 0 aliphatic rings. The van der Waals surface area contributed by atoms with Crippen LogP contribution in [0.15, 0.2) is 132 Å². The van der Waals surface area contributed by atoms with E-state index in [1.54, 1.807) is 0 Å². The van der Waals surface area contributed by atoms with E-state index >= 15 is 0 Å². The van der Waals surface area contributed by atoms with Gasteiger partial charge in [-0.2, -0.15) is 0 Å². The fourth-order valence-electron chi connectivity index (χ4n) is 5.72.